The van der Waals surface area contributed by atoms with Crippen molar-refractivity contribution in [1.82, 2.24) is 9.88 Å². The number of rotatable bonds is 3. The van der Waals surface area contributed by atoms with E-state index < -0.39 is 5.97 Å². The zero-order valence-electron chi connectivity index (χ0n) is 10.4. The van der Waals surface area contributed by atoms with Gasteiger partial charge < -0.3 is 5.11 Å². The largest absolute Gasteiger partial charge is 0.478 e. The zero-order chi connectivity index (χ0) is 13.2. The molecule has 2 heterocycles. The van der Waals surface area contributed by atoms with Crippen molar-refractivity contribution in [3.8, 4) is 0 Å². The highest BCUT2D eigenvalue weighted by Crippen LogP contribution is 2.23. The van der Waals surface area contributed by atoms with E-state index in [1.54, 1.807) is 29.5 Å². The van der Waals surface area contributed by atoms with Gasteiger partial charge in [-0.2, -0.15) is 0 Å². The van der Waals surface area contributed by atoms with E-state index in [4.69, 9.17) is 5.11 Å². The number of hydrogen-bond donors (Lipinski definition) is 1. The van der Waals surface area contributed by atoms with Gasteiger partial charge in [0, 0.05) is 30.9 Å². The highest BCUT2D eigenvalue weighted by Gasteiger charge is 2.18. The summed E-state index contributed by atoms with van der Waals surface area (Å²) >= 11 is 1.70. The molecule has 1 aliphatic heterocycles. The fraction of sp³-hybridized carbons (Fsp3) is 0.286. The predicted octanol–water partition coefficient (Wildman–Crippen LogP) is 2.40. The number of carboxylic acids is 1. The summed E-state index contributed by atoms with van der Waals surface area (Å²) in [5, 5.41) is 9.00. The maximum absolute atomic E-state index is 11.0. The Morgan fingerprint density at radius 3 is 3.21 bits per heavy atom. The van der Waals surface area contributed by atoms with Crippen LogP contribution in [-0.2, 0) is 19.5 Å². The van der Waals surface area contributed by atoms with Gasteiger partial charge in [0.25, 0.3) is 0 Å². The van der Waals surface area contributed by atoms with E-state index in [9.17, 15) is 4.79 Å². The van der Waals surface area contributed by atoms with Crippen LogP contribution < -0.4 is 0 Å². The van der Waals surface area contributed by atoms with Gasteiger partial charge >= 0.3 is 5.97 Å². The van der Waals surface area contributed by atoms with Crippen LogP contribution in [0.5, 0.6) is 0 Å². The molecule has 0 aliphatic carbocycles. The van der Waals surface area contributed by atoms with Gasteiger partial charge in [0.05, 0.1) is 16.8 Å². The van der Waals surface area contributed by atoms with E-state index in [1.165, 1.54) is 10.6 Å². The third kappa shape index (κ3) is 2.67. The van der Waals surface area contributed by atoms with Crippen molar-refractivity contribution in [2.75, 3.05) is 6.54 Å². The molecule has 0 atom stereocenters. The summed E-state index contributed by atoms with van der Waals surface area (Å²) in [7, 11) is 0. The lowest BCUT2D eigenvalue weighted by atomic mass is 10.1. The minimum absolute atomic E-state index is 0.355. The number of fused-ring (bicyclic) bond motifs is 1. The van der Waals surface area contributed by atoms with Crippen LogP contribution in [0.3, 0.4) is 0 Å². The minimum Gasteiger partial charge on any atom is -0.478 e. The first kappa shape index (κ1) is 12.3. The maximum atomic E-state index is 11.0. The van der Waals surface area contributed by atoms with Gasteiger partial charge in [0.15, 0.2) is 0 Å². The second kappa shape index (κ2) is 5.11. The molecule has 1 N–H and O–H groups in total. The Bertz CT molecular complexity index is 609. The first-order valence-corrected chi connectivity index (χ1v) is 7.06. The summed E-state index contributed by atoms with van der Waals surface area (Å²) in [4.78, 5) is 19.0. The van der Waals surface area contributed by atoms with Crippen LogP contribution in [0.4, 0.5) is 0 Å². The van der Waals surface area contributed by atoms with Crippen LogP contribution in [0, 0.1) is 0 Å². The number of aromatic carboxylic acids is 1. The average Bonchev–Trinajstić information content (AvgIpc) is 2.86. The van der Waals surface area contributed by atoms with Gasteiger partial charge in [0.2, 0.25) is 0 Å². The smallest absolute Gasteiger partial charge is 0.335 e. The van der Waals surface area contributed by atoms with Gasteiger partial charge in [-0.05, 0) is 17.7 Å². The lowest BCUT2D eigenvalue weighted by Gasteiger charge is -2.26. The van der Waals surface area contributed by atoms with E-state index in [1.807, 2.05) is 11.6 Å². The standard InChI is InChI=1S/C14H14N2O2S/c17-14(18)11-3-1-2-10(6-11)7-16-5-4-12-13(8-16)19-9-15-12/h1-3,6,9H,4-5,7-8H2,(H,17,18). The molecule has 0 spiro atoms. The van der Waals surface area contributed by atoms with Gasteiger partial charge in [0.1, 0.15) is 0 Å². The number of hydrogen-bond acceptors (Lipinski definition) is 4. The predicted molar refractivity (Wildman–Crippen MR) is 73.3 cm³/mol. The first-order valence-electron chi connectivity index (χ1n) is 6.18. The molecule has 0 saturated heterocycles. The Kier molecular flexibility index (Phi) is 3.31. The Morgan fingerprint density at radius 2 is 2.37 bits per heavy atom. The summed E-state index contributed by atoms with van der Waals surface area (Å²) in [6.45, 7) is 2.68. The third-order valence-electron chi connectivity index (χ3n) is 3.34. The van der Waals surface area contributed by atoms with Crippen molar-refractivity contribution in [1.29, 1.82) is 0 Å². The Morgan fingerprint density at radius 1 is 1.47 bits per heavy atom. The Balaban J connectivity index is 1.72. The lowest BCUT2D eigenvalue weighted by Crippen LogP contribution is -2.29. The fourth-order valence-corrected chi connectivity index (χ4v) is 3.22. The topological polar surface area (TPSA) is 53.4 Å². The van der Waals surface area contributed by atoms with Gasteiger partial charge in [-0.15, -0.1) is 11.3 Å². The zero-order valence-corrected chi connectivity index (χ0v) is 11.2. The van der Waals surface area contributed by atoms with Crippen LogP contribution in [0.1, 0.15) is 26.5 Å². The second-order valence-electron chi connectivity index (χ2n) is 4.69. The van der Waals surface area contributed by atoms with Crippen LogP contribution in [0.15, 0.2) is 29.8 Å². The van der Waals surface area contributed by atoms with Crippen LogP contribution in [0.2, 0.25) is 0 Å². The molecule has 5 heteroatoms. The number of carboxylic acid groups (broad SMARTS) is 1. The van der Waals surface area contributed by atoms with Crippen LogP contribution >= 0.6 is 11.3 Å². The van der Waals surface area contributed by atoms with Crippen molar-refractivity contribution < 1.29 is 9.90 Å². The number of nitrogens with zero attached hydrogens (tertiary/aromatic N) is 2. The summed E-state index contributed by atoms with van der Waals surface area (Å²) in [6, 6.07) is 7.17. The average molecular weight is 274 g/mol. The van der Waals surface area contributed by atoms with Crippen molar-refractivity contribution >= 4 is 17.3 Å². The molecular weight excluding hydrogens is 260 g/mol. The quantitative estimate of drug-likeness (QED) is 0.933. The fourth-order valence-electron chi connectivity index (χ4n) is 2.37. The highest BCUT2D eigenvalue weighted by atomic mass is 32.1. The Labute approximate surface area is 115 Å². The minimum atomic E-state index is -0.870. The van der Waals surface area contributed by atoms with E-state index in [0.29, 0.717) is 5.56 Å². The number of carbonyl (C=O) groups is 1. The van der Waals surface area contributed by atoms with Gasteiger partial charge in [-0.1, -0.05) is 12.1 Å². The molecule has 1 aromatic carbocycles. The summed E-state index contributed by atoms with van der Waals surface area (Å²) < 4.78 is 0. The summed E-state index contributed by atoms with van der Waals surface area (Å²) in [6.07, 6.45) is 0.984. The number of thiazole rings is 1. The van der Waals surface area contributed by atoms with E-state index in [0.717, 1.165) is 31.6 Å². The van der Waals surface area contributed by atoms with Gasteiger partial charge in [-0.25, -0.2) is 9.78 Å². The van der Waals surface area contributed by atoms with E-state index in [2.05, 4.69) is 9.88 Å². The molecule has 98 valence electrons. The molecule has 0 fully saturated rings. The molecule has 1 aromatic heterocycles. The first-order chi connectivity index (χ1) is 9.22. The molecule has 0 radical (unpaired) electrons. The molecule has 3 rings (SSSR count). The monoisotopic (exact) mass is 274 g/mol. The van der Waals surface area contributed by atoms with Crippen LogP contribution in [0.25, 0.3) is 0 Å². The molecule has 0 saturated carbocycles. The van der Waals surface area contributed by atoms with Crippen molar-refractivity contribution in [2.45, 2.75) is 19.5 Å². The molecule has 2 aromatic rings. The van der Waals surface area contributed by atoms with E-state index in [-0.39, 0.29) is 0 Å². The molecule has 0 amide bonds. The van der Waals surface area contributed by atoms with Crippen molar-refractivity contribution in [2.24, 2.45) is 0 Å². The molecule has 0 unspecified atom stereocenters. The molecule has 19 heavy (non-hydrogen) atoms. The third-order valence-corrected chi connectivity index (χ3v) is 4.20. The molecule has 1 aliphatic rings. The maximum Gasteiger partial charge on any atom is 0.335 e. The normalized spacial score (nSPS) is 15.2. The van der Waals surface area contributed by atoms with Gasteiger partial charge in [-0.3, -0.25) is 4.90 Å². The SMILES string of the molecule is O=C(O)c1cccc(CN2CCc3ncsc3C2)c1. The van der Waals surface area contributed by atoms with Crippen molar-refractivity contribution in [3.63, 3.8) is 0 Å². The summed E-state index contributed by atoms with van der Waals surface area (Å²) in [5.41, 5.74) is 4.53. The number of benzene rings is 1. The van der Waals surface area contributed by atoms with Crippen LogP contribution in [-0.4, -0.2) is 27.5 Å². The van der Waals surface area contributed by atoms with E-state index >= 15 is 0 Å². The summed E-state index contributed by atoms with van der Waals surface area (Å²) in [5.74, 6) is -0.870. The molecule has 0 bridgehead atoms. The Hall–Kier alpha value is -1.72. The lowest BCUT2D eigenvalue weighted by molar-refractivity contribution is 0.0696. The molecular formula is C14H14N2O2S. The van der Waals surface area contributed by atoms with Crippen molar-refractivity contribution in [3.05, 3.63) is 51.5 Å². The second-order valence-corrected chi connectivity index (χ2v) is 5.63. The number of aromatic nitrogens is 1. The molecule has 4 nitrogen and oxygen atoms in total. The highest BCUT2D eigenvalue weighted by molar-refractivity contribution is 7.09.